The summed E-state index contributed by atoms with van der Waals surface area (Å²) < 4.78 is 16.2. The lowest BCUT2D eigenvalue weighted by atomic mass is 10.0. The molecule has 150 valence electrons. The number of pyridine rings is 1. The van der Waals surface area contributed by atoms with Gasteiger partial charge in [-0.25, -0.2) is 14.9 Å². The second-order valence-corrected chi connectivity index (χ2v) is 6.46. The van der Waals surface area contributed by atoms with Crippen LogP contribution in [0.3, 0.4) is 0 Å². The highest BCUT2D eigenvalue weighted by Gasteiger charge is 2.23. The Morgan fingerprint density at radius 2 is 2.24 bits per heavy atom. The zero-order valence-corrected chi connectivity index (χ0v) is 15.7. The van der Waals surface area contributed by atoms with Crippen LogP contribution in [0, 0.1) is 18.2 Å². The van der Waals surface area contributed by atoms with Gasteiger partial charge in [0.05, 0.1) is 12.2 Å². The SMILES string of the molecule is C#Cc1ccc(Cc2c(C(=O)NOC[C@@H](O)CO)c3cccnc3n2C)c(F)c1. The van der Waals surface area contributed by atoms with Gasteiger partial charge in [-0.2, -0.15) is 0 Å². The van der Waals surface area contributed by atoms with E-state index in [1.54, 1.807) is 42.1 Å². The number of hydroxylamine groups is 1. The third-order valence-corrected chi connectivity index (χ3v) is 4.52. The van der Waals surface area contributed by atoms with E-state index in [1.165, 1.54) is 6.07 Å². The number of rotatable bonds is 7. The molecule has 0 aliphatic rings. The molecule has 0 saturated carbocycles. The van der Waals surface area contributed by atoms with Gasteiger partial charge in [-0.1, -0.05) is 12.0 Å². The quantitative estimate of drug-likeness (QED) is 0.413. The summed E-state index contributed by atoms with van der Waals surface area (Å²) in [6.45, 7) is -0.769. The van der Waals surface area contributed by atoms with Gasteiger partial charge in [0, 0.05) is 36.3 Å². The molecule has 3 rings (SSSR count). The Balaban J connectivity index is 1.98. The smallest absolute Gasteiger partial charge is 0.277 e. The van der Waals surface area contributed by atoms with Crippen molar-refractivity contribution in [3.8, 4) is 12.3 Å². The summed E-state index contributed by atoms with van der Waals surface area (Å²) in [5, 5.41) is 18.8. The number of benzene rings is 1. The van der Waals surface area contributed by atoms with Crippen molar-refractivity contribution in [2.24, 2.45) is 7.05 Å². The number of halogens is 1. The van der Waals surface area contributed by atoms with Crippen LogP contribution in [0.5, 0.6) is 0 Å². The van der Waals surface area contributed by atoms with Gasteiger partial charge in [0.15, 0.2) is 0 Å². The molecule has 8 heteroatoms. The number of terminal acetylenes is 1. The van der Waals surface area contributed by atoms with Crippen molar-refractivity contribution in [1.82, 2.24) is 15.0 Å². The molecule has 2 aromatic heterocycles. The van der Waals surface area contributed by atoms with E-state index in [9.17, 15) is 14.3 Å². The van der Waals surface area contributed by atoms with E-state index in [0.717, 1.165) is 0 Å². The zero-order valence-electron chi connectivity index (χ0n) is 15.7. The minimum Gasteiger partial charge on any atom is -0.394 e. The van der Waals surface area contributed by atoms with Gasteiger partial charge in [-0.15, -0.1) is 6.42 Å². The summed E-state index contributed by atoms with van der Waals surface area (Å²) in [5.41, 5.74) is 4.44. The maximum absolute atomic E-state index is 14.5. The van der Waals surface area contributed by atoms with E-state index in [4.69, 9.17) is 16.4 Å². The molecule has 0 unspecified atom stereocenters. The molecule has 29 heavy (non-hydrogen) atoms. The van der Waals surface area contributed by atoms with Crippen molar-refractivity contribution >= 4 is 16.9 Å². The minimum absolute atomic E-state index is 0.131. The van der Waals surface area contributed by atoms with Gasteiger partial charge < -0.3 is 14.8 Å². The van der Waals surface area contributed by atoms with Gasteiger partial charge >= 0.3 is 0 Å². The van der Waals surface area contributed by atoms with E-state index in [-0.39, 0.29) is 18.6 Å². The maximum atomic E-state index is 14.5. The van der Waals surface area contributed by atoms with Crippen molar-refractivity contribution in [2.75, 3.05) is 13.2 Å². The number of fused-ring (bicyclic) bond motifs is 1. The number of aliphatic hydroxyl groups excluding tert-OH is 2. The topological polar surface area (TPSA) is 96.6 Å². The Hall–Kier alpha value is -3.25. The van der Waals surface area contributed by atoms with Crippen molar-refractivity contribution in [2.45, 2.75) is 12.5 Å². The Labute approximate surface area is 166 Å². The number of aromatic nitrogens is 2. The summed E-state index contributed by atoms with van der Waals surface area (Å²) in [6, 6.07) is 7.93. The molecule has 7 nitrogen and oxygen atoms in total. The van der Waals surface area contributed by atoms with Gasteiger partial charge in [0.25, 0.3) is 5.91 Å². The summed E-state index contributed by atoms with van der Waals surface area (Å²) in [6.07, 6.45) is 5.92. The second kappa shape index (κ2) is 8.84. The lowest BCUT2D eigenvalue weighted by Crippen LogP contribution is -2.30. The molecule has 0 radical (unpaired) electrons. The standard InChI is InChI=1S/C21H20FN3O4/c1-3-13-6-7-14(17(22)9-13)10-18-19(21(28)24-29-12-15(27)11-26)16-5-4-8-23-20(16)25(18)2/h1,4-9,15,26-27H,10-12H2,2H3,(H,24,28)/t15-/m0/s1. The van der Waals surface area contributed by atoms with Crippen LogP contribution >= 0.6 is 0 Å². The second-order valence-electron chi connectivity index (χ2n) is 6.46. The van der Waals surface area contributed by atoms with Crippen LogP contribution in [0.4, 0.5) is 4.39 Å². The first-order chi connectivity index (χ1) is 14.0. The van der Waals surface area contributed by atoms with Crippen molar-refractivity contribution in [1.29, 1.82) is 0 Å². The highest BCUT2D eigenvalue weighted by atomic mass is 19.1. The molecule has 1 amide bonds. The van der Waals surface area contributed by atoms with Crippen LogP contribution in [-0.2, 0) is 18.3 Å². The van der Waals surface area contributed by atoms with Gasteiger partial charge in [-0.05, 0) is 29.8 Å². The van der Waals surface area contributed by atoms with Gasteiger partial charge in [0.1, 0.15) is 24.2 Å². The predicted octanol–water partition coefficient (Wildman–Crippen LogP) is 1.30. The van der Waals surface area contributed by atoms with E-state index < -0.39 is 24.4 Å². The number of carbonyl (C=O) groups excluding carboxylic acids is 1. The lowest BCUT2D eigenvalue weighted by Gasteiger charge is -2.11. The van der Waals surface area contributed by atoms with E-state index in [1.807, 2.05) is 0 Å². The molecule has 0 bridgehead atoms. The zero-order chi connectivity index (χ0) is 21.0. The van der Waals surface area contributed by atoms with Crippen LogP contribution in [0.1, 0.15) is 27.2 Å². The van der Waals surface area contributed by atoms with Crippen molar-refractivity contribution in [3.63, 3.8) is 0 Å². The Bertz CT molecular complexity index is 1090. The molecule has 3 N–H and O–H groups in total. The largest absolute Gasteiger partial charge is 0.394 e. The monoisotopic (exact) mass is 397 g/mol. The first-order valence-corrected chi connectivity index (χ1v) is 8.84. The summed E-state index contributed by atoms with van der Waals surface area (Å²) >= 11 is 0. The average Bonchev–Trinajstić information content (AvgIpc) is 3.01. The molecule has 0 aliphatic carbocycles. The maximum Gasteiger partial charge on any atom is 0.277 e. The minimum atomic E-state index is -1.12. The molecule has 1 aromatic carbocycles. The molecular weight excluding hydrogens is 377 g/mol. The summed E-state index contributed by atoms with van der Waals surface area (Å²) in [7, 11) is 1.74. The van der Waals surface area contributed by atoms with Gasteiger partial charge in [-0.3, -0.25) is 9.63 Å². The van der Waals surface area contributed by atoms with Crippen LogP contribution in [0.2, 0.25) is 0 Å². The molecule has 0 saturated heterocycles. The van der Waals surface area contributed by atoms with E-state index in [0.29, 0.717) is 27.9 Å². The first kappa shape index (κ1) is 20.5. The molecule has 0 fully saturated rings. The highest BCUT2D eigenvalue weighted by molar-refractivity contribution is 6.07. The molecule has 2 heterocycles. The first-order valence-electron chi connectivity index (χ1n) is 8.84. The average molecular weight is 397 g/mol. The van der Waals surface area contributed by atoms with Gasteiger partial charge in [0.2, 0.25) is 0 Å². The number of hydrogen-bond acceptors (Lipinski definition) is 5. The number of aryl methyl sites for hydroxylation is 1. The fourth-order valence-electron chi connectivity index (χ4n) is 3.04. The Morgan fingerprint density at radius 3 is 2.93 bits per heavy atom. The third kappa shape index (κ3) is 4.27. The molecule has 0 spiro atoms. The van der Waals surface area contributed by atoms with Crippen LogP contribution in [0.25, 0.3) is 11.0 Å². The fraction of sp³-hybridized carbons (Fsp3) is 0.238. The van der Waals surface area contributed by atoms with Crippen LogP contribution in [0.15, 0.2) is 36.5 Å². The van der Waals surface area contributed by atoms with Crippen LogP contribution < -0.4 is 5.48 Å². The predicted molar refractivity (Wildman–Crippen MR) is 104 cm³/mol. The number of amides is 1. The lowest BCUT2D eigenvalue weighted by molar-refractivity contribution is -0.0295. The number of aliphatic hydroxyl groups is 2. The van der Waals surface area contributed by atoms with Crippen molar-refractivity contribution in [3.05, 3.63) is 64.7 Å². The number of nitrogens with one attached hydrogen (secondary N) is 1. The summed E-state index contributed by atoms with van der Waals surface area (Å²) in [5.74, 6) is 1.35. The Morgan fingerprint density at radius 1 is 1.45 bits per heavy atom. The van der Waals surface area contributed by atoms with Crippen molar-refractivity contribution < 1.29 is 24.2 Å². The third-order valence-electron chi connectivity index (χ3n) is 4.52. The number of hydrogen-bond donors (Lipinski definition) is 3. The Kier molecular flexibility index (Phi) is 6.24. The molecule has 1 atom stereocenters. The molecule has 0 aliphatic heterocycles. The highest BCUT2D eigenvalue weighted by Crippen LogP contribution is 2.27. The van der Waals surface area contributed by atoms with Crippen LogP contribution in [-0.4, -0.2) is 45.0 Å². The van der Waals surface area contributed by atoms with E-state index >= 15 is 0 Å². The summed E-state index contributed by atoms with van der Waals surface area (Å²) in [4.78, 5) is 22.1. The molecular formula is C21H20FN3O4. The number of nitrogens with zero attached hydrogens (tertiary/aromatic N) is 2. The fourth-order valence-corrected chi connectivity index (χ4v) is 3.04. The normalized spacial score (nSPS) is 12.0. The molecule has 3 aromatic rings. The number of carbonyl (C=O) groups is 1. The van der Waals surface area contributed by atoms with E-state index in [2.05, 4.69) is 16.4 Å².